The normalized spacial score (nSPS) is 22.6. The smallest absolute Gasteiger partial charge is 0.216 e. The van der Waals surface area contributed by atoms with Gasteiger partial charge in [0.15, 0.2) is 0 Å². The van der Waals surface area contributed by atoms with Crippen LogP contribution in [0.15, 0.2) is 24.3 Å². The first-order valence-corrected chi connectivity index (χ1v) is 9.42. The quantitative estimate of drug-likeness (QED) is 0.813. The van der Waals surface area contributed by atoms with Crippen molar-refractivity contribution in [3.8, 4) is 0 Å². The summed E-state index contributed by atoms with van der Waals surface area (Å²) in [6.45, 7) is 6.00. The monoisotopic (exact) mass is 310 g/mol. The number of hydrogen-bond acceptors (Lipinski definition) is 3. The van der Waals surface area contributed by atoms with E-state index in [0.717, 1.165) is 37.9 Å². The van der Waals surface area contributed by atoms with E-state index in [1.807, 2.05) is 24.3 Å². The zero-order valence-corrected chi connectivity index (χ0v) is 13.7. The predicted molar refractivity (Wildman–Crippen MR) is 86.4 cm³/mol. The molecule has 0 aromatic heterocycles. The summed E-state index contributed by atoms with van der Waals surface area (Å²) in [6.07, 6.45) is 3.04. The molecule has 0 saturated heterocycles. The van der Waals surface area contributed by atoms with Crippen molar-refractivity contribution in [3.05, 3.63) is 35.4 Å². The molecule has 0 bridgehead atoms. The molecular weight excluding hydrogens is 284 g/mol. The molecular formula is C16H26N2O2S. The molecule has 0 amide bonds. The van der Waals surface area contributed by atoms with Crippen molar-refractivity contribution in [2.24, 2.45) is 5.92 Å². The van der Waals surface area contributed by atoms with Gasteiger partial charge in [-0.25, -0.2) is 13.1 Å². The average Bonchev–Trinajstić information content (AvgIpc) is 2.82. The van der Waals surface area contributed by atoms with Crippen molar-refractivity contribution >= 4 is 10.0 Å². The second-order valence-corrected chi connectivity index (χ2v) is 7.84. The molecule has 2 rings (SSSR count). The van der Waals surface area contributed by atoms with Gasteiger partial charge >= 0.3 is 0 Å². The third-order valence-corrected chi connectivity index (χ3v) is 5.41. The van der Waals surface area contributed by atoms with E-state index < -0.39 is 10.0 Å². The fourth-order valence-corrected chi connectivity index (χ4v) is 4.29. The molecule has 1 aliphatic carbocycles. The summed E-state index contributed by atoms with van der Waals surface area (Å²) in [5.41, 5.74) is 2.02. The second-order valence-electron chi connectivity index (χ2n) is 6.09. The largest absolute Gasteiger partial charge is 0.313 e. The van der Waals surface area contributed by atoms with E-state index in [9.17, 15) is 8.42 Å². The third-order valence-electron chi connectivity index (χ3n) is 4.00. The maximum atomic E-state index is 12.2. The van der Waals surface area contributed by atoms with E-state index in [0.29, 0.717) is 5.92 Å². The Bertz CT molecular complexity index is 540. The van der Waals surface area contributed by atoms with Crippen LogP contribution in [0.25, 0.3) is 0 Å². The lowest BCUT2D eigenvalue weighted by atomic mass is 10.1. The number of hydrogen-bond donors (Lipinski definition) is 2. The van der Waals surface area contributed by atoms with Gasteiger partial charge in [0.1, 0.15) is 0 Å². The molecule has 1 aromatic rings. The highest BCUT2D eigenvalue weighted by atomic mass is 32.2. The lowest BCUT2D eigenvalue weighted by molar-refractivity contribution is 0.538. The molecule has 4 nitrogen and oxygen atoms in total. The van der Waals surface area contributed by atoms with Crippen molar-refractivity contribution in [1.82, 2.24) is 10.0 Å². The SMILES string of the molecule is CCNCc1ccc(CS(=O)(=O)NC2CCC(C)C2)cc1. The van der Waals surface area contributed by atoms with Gasteiger partial charge in [-0.05, 0) is 42.9 Å². The molecule has 0 radical (unpaired) electrons. The van der Waals surface area contributed by atoms with Gasteiger partial charge in [0.25, 0.3) is 0 Å². The zero-order chi connectivity index (χ0) is 15.3. The molecule has 0 aliphatic heterocycles. The highest BCUT2D eigenvalue weighted by Gasteiger charge is 2.25. The molecule has 0 heterocycles. The van der Waals surface area contributed by atoms with Crippen LogP contribution in [0.2, 0.25) is 0 Å². The Morgan fingerprint density at radius 3 is 2.38 bits per heavy atom. The van der Waals surface area contributed by atoms with Crippen molar-refractivity contribution in [2.75, 3.05) is 6.54 Å². The van der Waals surface area contributed by atoms with Crippen molar-refractivity contribution < 1.29 is 8.42 Å². The Morgan fingerprint density at radius 2 is 1.81 bits per heavy atom. The summed E-state index contributed by atoms with van der Waals surface area (Å²) in [6, 6.07) is 7.92. The van der Waals surface area contributed by atoms with Crippen molar-refractivity contribution in [2.45, 2.75) is 51.4 Å². The molecule has 1 aliphatic rings. The van der Waals surface area contributed by atoms with Crippen LogP contribution in [0.5, 0.6) is 0 Å². The molecule has 1 saturated carbocycles. The Hall–Kier alpha value is -0.910. The molecule has 2 N–H and O–H groups in total. The van der Waals surface area contributed by atoms with E-state index in [1.54, 1.807) is 0 Å². The number of benzene rings is 1. The lowest BCUT2D eigenvalue weighted by Crippen LogP contribution is -2.33. The molecule has 21 heavy (non-hydrogen) atoms. The standard InChI is InChI=1S/C16H26N2O2S/c1-3-17-11-14-5-7-15(8-6-14)12-21(19,20)18-16-9-4-13(2)10-16/h5-8,13,16-18H,3-4,9-12H2,1-2H3. The number of nitrogens with one attached hydrogen (secondary N) is 2. The Balaban J connectivity index is 1.90. The Kier molecular flexibility index (Phi) is 5.79. The average molecular weight is 310 g/mol. The zero-order valence-electron chi connectivity index (χ0n) is 12.9. The minimum atomic E-state index is -3.24. The van der Waals surface area contributed by atoms with E-state index >= 15 is 0 Å². The van der Waals surface area contributed by atoms with Gasteiger partial charge in [-0.3, -0.25) is 0 Å². The summed E-state index contributed by atoms with van der Waals surface area (Å²) in [5.74, 6) is 0.697. The summed E-state index contributed by atoms with van der Waals surface area (Å²) in [5, 5.41) is 3.25. The summed E-state index contributed by atoms with van der Waals surface area (Å²) < 4.78 is 27.2. The second kappa shape index (κ2) is 7.38. The molecule has 1 aromatic carbocycles. The number of rotatable bonds is 7. The topological polar surface area (TPSA) is 58.2 Å². The van der Waals surface area contributed by atoms with Crippen LogP contribution in [-0.2, 0) is 22.3 Å². The number of sulfonamides is 1. The van der Waals surface area contributed by atoms with Gasteiger partial charge in [-0.1, -0.05) is 38.1 Å². The maximum absolute atomic E-state index is 12.2. The Labute approximate surface area is 128 Å². The van der Waals surface area contributed by atoms with Gasteiger partial charge in [-0.2, -0.15) is 0 Å². The van der Waals surface area contributed by atoms with E-state index in [2.05, 4.69) is 23.9 Å². The van der Waals surface area contributed by atoms with E-state index in [1.165, 1.54) is 5.56 Å². The minimum Gasteiger partial charge on any atom is -0.313 e. The maximum Gasteiger partial charge on any atom is 0.216 e. The predicted octanol–water partition coefficient (Wildman–Crippen LogP) is 2.40. The minimum absolute atomic E-state index is 0.0688. The van der Waals surface area contributed by atoms with Gasteiger partial charge in [0.2, 0.25) is 10.0 Å². The third kappa shape index (κ3) is 5.41. The molecule has 118 valence electrons. The van der Waals surface area contributed by atoms with Crippen LogP contribution in [0.3, 0.4) is 0 Å². The molecule has 5 heteroatoms. The van der Waals surface area contributed by atoms with Crippen molar-refractivity contribution in [1.29, 1.82) is 0 Å². The van der Waals surface area contributed by atoms with Gasteiger partial charge in [-0.15, -0.1) is 0 Å². The van der Waals surface area contributed by atoms with Gasteiger partial charge in [0.05, 0.1) is 5.75 Å². The molecule has 0 spiro atoms. The first-order chi connectivity index (χ1) is 9.98. The lowest BCUT2D eigenvalue weighted by Gasteiger charge is -2.13. The fourth-order valence-electron chi connectivity index (χ4n) is 2.85. The first kappa shape index (κ1) is 16.5. The van der Waals surface area contributed by atoms with Crippen LogP contribution in [0, 0.1) is 5.92 Å². The molecule has 1 fully saturated rings. The van der Waals surface area contributed by atoms with E-state index in [4.69, 9.17) is 0 Å². The fraction of sp³-hybridized carbons (Fsp3) is 0.625. The van der Waals surface area contributed by atoms with Gasteiger partial charge in [0, 0.05) is 12.6 Å². The summed E-state index contributed by atoms with van der Waals surface area (Å²) in [7, 11) is -3.24. The Morgan fingerprint density at radius 1 is 1.14 bits per heavy atom. The van der Waals surface area contributed by atoms with E-state index in [-0.39, 0.29) is 11.8 Å². The first-order valence-electron chi connectivity index (χ1n) is 7.77. The van der Waals surface area contributed by atoms with Crippen LogP contribution in [0.1, 0.15) is 44.2 Å². The highest BCUT2D eigenvalue weighted by molar-refractivity contribution is 7.88. The van der Waals surface area contributed by atoms with Crippen LogP contribution in [0.4, 0.5) is 0 Å². The molecule has 2 atom stereocenters. The van der Waals surface area contributed by atoms with Crippen LogP contribution >= 0.6 is 0 Å². The van der Waals surface area contributed by atoms with Crippen LogP contribution < -0.4 is 10.0 Å². The molecule has 2 unspecified atom stereocenters. The van der Waals surface area contributed by atoms with Gasteiger partial charge < -0.3 is 5.32 Å². The summed E-state index contributed by atoms with van der Waals surface area (Å²) >= 11 is 0. The van der Waals surface area contributed by atoms with Crippen LogP contribution in [-0.4, -0.2) is 21.0 Å². The van der Waals surface area contributed by atoms with Crippen molar-refractivity contribution in [3.63, 3.8) is 0 Å². The highest BCUT2D eigenvalue weighted by Crippen LogP contribution is 2.25. The summed E-state index contributed by atoms with van der Waals surface area (Å²) in [4.78, 5) is 0.